The lowest BCUT2D eigenvalue weighted by molar-refractivity contribution is -0.437. The van der Waals surface area contributed by atoms with E-state index in [-0.39, 0.29) is 5.56 Å². The van der Waals surface area contributed by atoms with Crippen LogP contribution in [0.15, 0.2) is 41.7 Å². The van der Waals surface area contributed by atoms with Gasteiger partial charge < -0.3 is 0 Å². The molecule has 0 aromatic heterocycles. The highest BCUT2D eigenvalue weighted by Gasteiger charge is 2.91. The molecule has 31 heavy (non-hydrogen) atoms. The van der Waals surface area contributed by atoms with Gasteiger partial charge in [0.1, 0.15) is 6.29 Å². The van der Waals surface area contributed by atoms with E-state index in [0.29, 0.717) is 0 Å². The van der Waals surface area contributed by atoms with Crippen molar-refractivity contribution < 1.29 is 66.3 Å². The van der Waals surface area contributed by atoms with Gasteiger partial charge in [-0.2, -0.15) is 57.1 Å². The van der Waals surface area contributed by atoms with Crippen LogP contribution in [0.2, 0.25) is 0 Å². The summed E-state index contributed by atoms with van der Waals surface area (Å²) in [5, 5.41) is 0. The van der Waals surface area contributed by atoms with Crippen molar-refractivity contribution in [3.8, 4) is 0 Å². The van der Waals surface area contributed by atoms with Crippen molar-refractivity contribution in [2.24, 2.45) is 0 Å². The minimum Gasteiger partial charge on any atom is -0.298 e. The van der Waals surface area contributed by atoms with Crippen molar-refractivity contribution in [2.75, 3.05) is 0 Å². The maximum atomic E-state index is 13.9. The minimum absolute atomic E-state index is 0.237. The molecule has 0 saturated carbocycles. The lowest BCUT2D eigenvalue weighted by atomic mass is 9.91. The predicted octanol–water partition coefficient (Wildman–Crippen LogP) is 6.39. The summed E-state index contributed by atoms with van der Waals surface area (Å²) in [7, 11) is 0. The Morgan fingerprint density at radius 3 is 1.48 bits per heavy atom. The number of carbonyl (C=O) groups is 1. The fourth-order valence-electron chi connectivity index (χ4n) is 2.10. The predicted molar refractivity (Wildman–Crippen MR) is 75.1 cm³/mol. The van der Waals surface area contributed by atoms with Crippen LogP contribution in [0.25, 0.3) is 0 Å². The standard InChI is InChI=1S/C16H8F14O/c17-10(9(7-31)6-8-4-2-1-3-5-8)11(18,19)12(20,21)13(22,23)14(24,25)15(26,27)16(28,29)30/h1-5,7H,6H2/b10-9+. The molecule has 0 bridgehead atoms. The minimum atomic E-state index is -8.15. The normalized spacial score (nSPS) is 15.5. The second kappa shape index (κ2) is 7.97. The third-order valence-corrected chi connectivity index (χ3v) is 3.87. The highest BCUT2D eigenvalue weighted by molar-refractivity contribution is 5.75. The van der Waals surface area contributed by atoms with Crippen LogP contribution >= 0.6 is 0 Å². The van der Waals surface area contributed by atoms with E-state index in [1.165, 1.54) is 18.2 Å². The van der Waals surface area contributed by atoms with Gasteiger partial charge in [0.25, 0.3) is 0 Å². The Morgan fingerprint density at radius 1 is 0.677 bits per heavy atom. The van der Waals surface area contributed by atoms with Crippen molar-refractivity contribution >= 4 is 6.29 Å². The molecule has 0 spiro atoms. The van der Waals surface area contributed by atoms with E-state index in [1.54, 1.807) is 0 Å². The first kappa shape index (κ1) is 26.7. The molecule has 1 rings (SSSR count). The number of hydrogen-bond donors (Lipinski definition) is 0. The number of allylic oxidation sites excluding steroid dienone is 2. The molecular formula is C16H8F14O. The van der Waals surface area contributed by atoms with Gasteiger partial charge in [-0.3, -0.25) is 4.79 Å². The fraction of sp³-hybridized carbons (Fsp3) is 0.438. The molecule has 0 fully saturated rings. The number of hydrogen-bond acceptors (Lipinski definition) is 1. The monoisotopic (exact) mass is 482 g/mol. The summed E-state index contributed by atoms with van der Waals surface area (Å²) in [5.74, 6) is -42.9. The molecule has 15 heteroatoms. The zero-order valence-electron chi connectivity index (χ0n) is 14.4. The van der Waals surface area contributed by atoms with Crippen LogP contribution in [0.5, 0.6) is 0 Å². The van der Waals surface area contributed by atoms with E-state index in [4.69, 9.17) is 0 Å². The van der Waals surface area contributed by atoms with Gasteiger partial charge in [-0.25, -0.2) is 4.39 Å². The average Bonchev–Trinajstić information content (AvgIpc) is 2.64. The maximum absolute atomic E-state index is 13.9. The molecule has 0 aliphatic heterocycles. The van der Waals surface area contributed by atoms with Gasteiger partial charge >= 0.3 is 35.8 Å². The molecular weight excluding hydrogens is 474 g/mol. The second-order valence-corrected chi connectivity index (χ2v) is 5.99. The Kier molecular flexibility index (Phi) is 6.86. The summed E-state index contributed by atoms with van der Waals surface area (Å²) < 4.78 is 183. The Morgan fingerprint density at radius 2 is 1.10 bits per heavy atom. The van der Waals surface area contributed by atoms with Crippen molar-refractivity contribution in [3.05, 3.63) is 47.3 Å². The highest BCUT2D eigenvalue weighted by Crippen LogP contribution is 2.61. The first-order valence-corrected chi connectivity index (χ1v) is 7.54. The largest absolute Gasteiger partial charge is 0.460 e. The van der Waals surface area contributed by atoms with Gasteiger partial charge in [-0.15, -0.1) is 0 Å². The van der Waals surface area contributed by atoms with Gasteiger partial charge in [-0.1, -0.05) is 30.3 Å². The highest BCUT2D eigenvalue weighted by atomic mass is 19.4. The number of benzene rings is 1. The summed E-state index contributed by atoms with van der Waals surface area (Å²) in [6.45, 7) is 0. The summed E-state index contributed by atoms with van der Waals surface area (Å²) >= 11 is 0. The number of alkyl halides is 13. The molecule has 1 nitrogen and oxygen atoms in total. The van der Waals surface area contributed by atoms with Crippen LogP contribution in [0, 0.1) is 0 Å². The first-order chi connectivity index (χ1) is 13.7. The van der Waals surface area contributed by atoms with Crippen molar-refractivity contribution in [1.29, 1.82) is 0 Å². The first-order valence-electron chi connectivity index (χ1n) is 7.54. The Labute approximate surface area is 163 Å². The number of halogens is 14. The van der Waals surface area contributed by atoms with Gasteiger partial charge in [0.2, 0.25) is 0 Å². The van der Waals surface area contributed by atoms with Crippen molar-refractivity contribution in [1.82, 2.24) is 0 Å². The van der Waals surface area contributed by atoms with Crippen molar-refractivity contribution in [3.63, 3.8) is 0 Å². The Hall–Kier alpha value is -2.35. The van der Waals surface area contributed by atoms with Crippen LogP contribution in [0.3, 0.4) is 0 Å². The van der Waals surface area contributed by atoms with Crippen LogP contribution in [-0.4, -0.2) is 42.1 Å². The molecule has 0 aliphatic rings. The average molecular weight is 482 g/mol. The second-order valence-electron chi connectivity index (χ2n) is 5.99. The van der Waals surface area contributed by atoms with Crippen molar-refractivity contribution in [2.45, 2.75) is 42.2 Å². The molecule has 1 aromatic rings. The molecule has 1 aromatic carbocycles. The maximum Gasteiger partial charge on any atom is 0.460 e. The van der Waals surface area contributed by atoms with E-state index in [2.05, 4.69) is 0 Å². The quantitative estimate of drug-likeness (QED) is 0.239. The lowest BCUT2D eigenvalue weighted by Crippen LogP contribution is -2.70. The number of carbonyl (C=O) groups excluding carboxylic acids is 1. The Balaban J connectivity index is 3.58. The SMILES string of the molecule is O=C/C(Cc1ccccc1)=C(/F)C(F)(F)C(F)(F)C(F)(F)C(F)(F)C(F)(F)C(F)(F)F. The molecule has 0 radical (unpaired) electrons. The molecule has 0 atom stereocenters. The summed E-state index contributed by atoms with van der Waals surface area (Å²) in [6, 6.07) is 5.70. The van der Waals surface area contributed by atoms with Crippen LogP contribution in [0.4, 0.5) is 61.5 Å². The third kappa shape index (κ3) is 4.10. The number of rotatable bonds is 8. The van der Waals surface area contributed by atoms with E-state index in [1.807, 2.05) is 0 Å². The molecule has 0 amide bonds. The van der Waals surface area contributed by atoms with E-state index >= 15 is 0 Å². The smallest absolute Gasteiger partial charge is 0.298 e. The van der Waals surface area contributed by atoms with Gasteiger partial charge in [-0.05, 0) is 5.56 Å². The van der Waals surface area contributed by atoms with Crippen LogP contribution in [0.1, 0.15) is 5.56 Å². The molecule has 0 saturated heterocycles. The molecule has 0 unspecified atom stereocenters. The lowest BCUT2D eigenvalue weighted by Gasteiger charge is -2.39. The summed E-state index contributed by atoms with van der Waals surface area (Å²) in [6.07, 6.45) is -9.70. The van der Waals surface area contributed by atoms with Gasteiger partial charge in [0.05, 0.1) is 0 Å². The van der Waals surface area contributed by atoms with E-state index < -0.39 is 59.9 Å². The number of aldehydes is 1. The van der Waals surface area contributed by atoms with Gasteiger partial charge in [0, 0.05) is 12.0 Å². The summed E-state index contributed by atoms with van der Waals surface area (Å²) in [4.78, 5) is 10.8. The van der Waals surface area contributed by atoms with E-state index in [9.17, 15) is 66.3 Å². The third-order valence-electron chi connectivity index (χ3n) is 3.87. The van der Waals surface area contributed by atoms with Crippen LogP contribution in [-0.2, 0) is 11.2 Å². The molecule has 176 valence electrons. The zero-order chi connectivity index (χ0) is 24.7. The van der Waals surface area contributed by atoms with E-state index in [0.717, 1.165) is 12.1 Å². The molecule has 0 heterocycles. The van der Waals surface area contributed by atoms with Gasteiger partial charge in [0.15, 0.2) is 5.83 Å². The molecule has 0 N–H and O–H groups in total. The summed E-state index contributed by atoms with van der Waals surface area (Å²) in [5.41, 5.74) is -2.21. The fourth-order valence-corrected chi connectivity index (χ4v) is 2.10. The zero-order valence-corrected chi connectivity index (χ0v) is 14.4. The molecule has 0 aliphatic carbocycles. The topological polar surface area (TPSA) is 17.1 Å². The Bertz CT molecular complexity index is 822. The van der Waals surface area contributed by atoms with Crippen LogP contribution < -0.4 is 0 Å².